The number of amides is 1. The zero-order valence-electron chi connectivity index (χ0n) is 12.4. The number of aromatic nitrogens is 1. The fourth-order valence-electron chi connectivity index (χ4n) is 2.11. The van der Waals surface area contributed by atoms with Crippen LogP contribution in [0, 0.1) is 13.8 Å². The summed E-state index contributed by atoms with van der Waals surface area (Å²) in [4.78, 5) is 37.8. The van der Waals surface area contributed by atoms with Gasteiger partial charge in [-0.3, -0.25) is 9.59 Å². The average Bonchev–Trinajstić information content (AvgIpc) is 2.64. The Balaban J connectivity index is 3.15. The van der Waals surface area contributed by atoms with Gasteiger partial charge in [-0.2, -0.15) is 0 Å². The van der Waals surface area contributed by atoms with Crippen LogP contribution in [0.5, 0.6) is 0 Å². The Labute approximate surface area is 117 Å². The molecule has 0 aliphatic carbocycles. The molecule has 0 bridgehead atoms. The van der Waals surface area contributed by atoms with Gasteiger partial charge in [-0.15, -0.1) is 0 Å². The smallest absolute Gasteiger partial charge is 0.329 e. The third kappa shape index (κ3) is 2.74. The first-order valence-corrected chi connectivity index (χ1v) is 6.40. The number of hydrogen-bond donors (Lipinski definition) is 3. The second kappa shape index (κ2) is 5.48. The van der Waals surface area contributed by atoms with Gasteiger partial charge in [0, 0.05) is 11.3 Å². The fraction of sp³-hybridized carbons (Fsp3) is 0.500. The van der Waals surface area contributed by atoms with Crippen LogP contribution in [0.25, 0.3) is 0 Å². The molecule has 0 aliphatic rings. The van der Waals surface area contributed by atoms with Gasteiger partial charge in [-0.25, -0.2) is 4.79 Å². The number of carboxylic acid groups (broad SMARTS) is 1. The van der Waals surface area contributed by atoms with Crippen LogP contribution in [0.2, 0.25) is 0 Å². The molecule has 1 rings (SSSR count). The maximum absolute atomic E-state index is 12.2. The minimum absolute atomic E-state index is 0.133. The zero-order valence-corrected chi connectivity index (χ0v) is 12.4. The van der Waals surface area contributed by atoms with Gasteiger partial charge in [0.05, 0.1) is 0 Å². The number of H-pyrrole nitrogens is 1. The summed E-state index contributed by atoms with van der Waals surface area (Å²) < 4.78 is 0. The highest BCUT2D eigenvalue weighted by atomic mass is 16.4. The Morgan fingerprint density at radius 3 is 2.20 bits per heavy atom. The summed E-state index contributed by atoms with van der Waals surface area (Å²) in [5, 5.41) is 11.7. The lowest BCUT2D eigenvalue weighted by molar-refractivity contribution is -0.143. The van der Waals surface area contributed by atoms with Crippen LogP contribution in [0.3, 0.4) is 0 Å². The number of Topliss-reactive ketones (excluding diaryl/α,β-unsaturated/α-hetero) is 1. The van der Waals surface area contributed by atoms with Crippen LogP contribution in [0.15, 0.2) is 0 Å². The maximum atomic E-state index is 12.2. The van der Waals surface area contributed by atoms with E-state index >= 15 is 0 Å². The molecule has 0 spiro atoms. The molecule has 0 saturated carbocycles. The first-order chi connectivity index (χ1) is 9.14. The van der Waals surface area contributed by atoms with Crippen LogP contribution in [-0.4, -0.2) is 33.3 Å². The number of ketones is 1. The van der Waals surface area contributed by atoms with E-state index in [0.717, 1.165) is 0 Å². The number of hydrogen-bond acceptors (Lipinski definition) is 3. The number of nitrogens with one attached hydrogen (secondary N) is 2. The van der Waals surface area contributed by atoms with E-state index in [1.807, 2.05) is 0 Å². The van der Waals surface area contributed by atoms with Gasteiger partial charge in [-0.1, -0.05) is 6.92 Å². The van der Waals surface area contributed by atoms with E-state index in [0.29, 0.717) is 16.8 Å². The van der Waals surface area contributed by atoms with Crippen LogP contribution < -0.4 is 5.32 Å². The summed E-state index contributed by atoms with van der Waals surface area (Å²) in [5.41, 5.74) is 0.515. The van der Waals surface area contributed by atoms with E-state index < -0.39 is 17.4 Å². The highest BCUT2D eigenvalue weighted by Crippen LogP contribution is 2.19. The zero-order chi connectivity index (χ0) is 15.7. The number of carbonyl (C=O) groups is 3. The Morgan fingerprint density at radius 2 is 1.85 bits per heavy atom. The summed E-state index contributed by atoms with van der Waals surface area (Å²) in [5.74, 6) is -1.75. The predicted octanol–water partition coefficient (Wildman–Crippen LogP) is 1.82. The number of aryl methyl sites for hydroxylation is 1. The molecular formula is C14H20N2O4. The molecule has 6 heteroatoms. The van der Waals surface area contributed by atoms with Gasteiger partial charge in [0.2, 0.25) is 0 Å². The molecule has 0 fully saturated rings. The summed E-state index contributed by atoms with van der Waals surface area (Å²) >= 11 is 0. The SMILES string of the molecule is CCC(C)(NC(=O)c1[nH]c(C)c(C(C)=O)c1C)C(=O)O. The molecule has 1 aromatic rings. The Morgan fingerprint density at radius 1 is 1.30 bits per heavy atom. The van der Waals surface area contributed by atoms with Crippen LogP contribution in [0.1, 0.15) is 59.3 Å². The minimum atomic E-state index is -1.33. The van der Waals surface area contributed by atoms with Gasteiger partial charge in [0.15, 0.2) is 5.78 Å². The number of carbonyl (C=O) groups excluding carboxylic acids is 2. The molecular weight excluding hydrogens is 260 g/mol. The quantitative estimate of drug-likeness (QED) is 0.716. The monoisotopic (exact) mass is 280 g/mol. The van der Waals surface area contributed by atoms with Crippen molar-refractivity contribution < 1.29 is 19.5 Å². The first-order valence-electron chi connectivity index (χ1n) is 6.40. The molecule has 0 radical (unpaired) electrons. The van der Waals surface area contributed by atoms with E-state index in [2.05, 4.69) is 10.3 Å². The lowest BCUT2D eigenvalue weighted by atomic mass is 9.98. The van der Waals surface area contributed by atoms with Crippen LogP contribution >= 0.6 is 0 Å². The predicted molar refractivity (Wildman–Crippen MR) is 74.1 cm³/mol. The van der Waals surface area contributed by atoms with Crippen molar-refractivity contribution >= 4 is 17.7 Å². The van der Waals surface area contributed by atoms with Crippen molar-refractivity contribution in [2.45, 2.75) is 46.6 Å². The normalized spacial score (nSPS) is 13.7. The summed E-state index contributed by atoms with van der Waals surface area (Å²) in [6.07, 6.45) is 0.256. The van der Waals surface area contributed by atoms with Gasteiger partial charge < -0.3 is 15.4 Å². The average molecular weight is 280 g/mol. The second-order valence-corrected chi connectivity index (χ2v) is 5.13. The number of carboxylic acids is 1. The molecule has 20 heavy (non-hydrogen) atoms. The third-order valence-corrected chi connectivity index (χ3v) is 3.59. The second-order valence-electron chi connectivity index (χ2n) is 5.13. The van der Waals surface area contributed by atoms with Crippen molar-refractivity contribution in [3.63, 3.8) is 0 Å². The fourth-order valence-corrected chi connectivity index (χ4v) is 2.11. The topological polar surface area (TPSA) is 99.3 Å². The maximum Gasteiger partial charge on any atom is 0.329 e. The lowest BCUT2D eigenvalue weighted by Gasteiger charge is -2.24. The molecule has 6 nitrogen and oxygen atoms in total. The van der Waals surface area contributed by atoms with Crippen molar-refractivity contribution in [2.75, 3.05) is 0 Å². The van der Waals surface area contributed by atoms with Crippen LogP contribution in [0.4, 0.5) is 0 Å². The highest BCUT2D eigenvalue weighted by molar-refractivity contribution is 6.03. The van der Waals surface area contributed by atoms with E-state index in [-0.39, 0.29) is 17.9 Å². The van der Waals surface area contributed by atoms with Gasteiger partial charge in [0.1, 0.15) is 11.2 Å². The number of rotatable bonds is 5. The van der Waals surface area contributed by atoms with E-state index in [9.17, 15) is 14.4 Å². The minimum Gasteiger partial charge on any atom is -0.480 e. The van der Waals surface area contributed by atoms with Crippen molar-refractivity contribution in [2.24, 2.45) is 0 Å². The van der Waals surface area contributed by atoms with Gasteiger partial charge >= 0.3 is 5.97 Å². The number of aromatic amines is 1. The molecule has 0 aliphatic heterocycles. The highest BCUT2D eigenvalue weighted by Gasteiger charge is 2.34. The van der Waals surface area contributed by atoms with Gasteiger partial charge in [-0.05, 0) is 39.7 Å². The van der Waals surface area contributed by atoms with Crippen LogP contribution in [-0.2, 0) is 4.79 Å². The van der Waals surface area contributed by atoms with Gasteiger partial charge in [0.25, 0.3) is 5.91 Å². The Hall–Kier alpha value is -2.11. The molecule has 1 amide bonds. The van der Waals surface area contributed by atoms with E-state index in [4.69, 9.17) is 5.11 Å². The molecule has 1 unspecified atom stereocenters. The van der Waals surface area contributed by atoms with Crippen molar-refractivity contribution in [1.82, 2.24) is 10.3 Å². The molecule has 0 aromatic carbocycles. The van der Waals surface area contributed by atoms with Crippen molar-refractivity contribution in [1.29, 1.82) is 0 Å². The summed E-state index contributed by atoms with van der Waals surface area (Å²) in [6, 6.07) is 0. The molecule has 1 heterocycles. The Kier molecular flexibility index (Phi) is 4.37. The molecule has 1 aromatic heterocycles. The molecule has 3 N–H and O–H groups in total. The third-order valence-electron chi connectivity index (χ3n) is 3.59. The van der Waals surface area contributed by atoms with E-state index in [1.54, 1.807) is 20.8 Å². The van der Waals surface area contributed by atoms with Crippen molar-refractivity contribution in [3.8, 4) is 0 Å². The summed E-state index contributed by atoms with van der Waals surface area (Å²) in [6.45, 7) is 7.93. The lowest BCUT2D eigenvalue weighted by Crippen LogP contribution is -2.51. The van der Waals surface area contributed by atoms with E-state index in [1.165, 1.54) is 13.8 Å². The molecule has 1 atom stereocenters. The molecule has 110 valence electrons. The Bertz CT molecular complexity index is 574. The largest absolute Gasteiger partial charge is 0.480 e. The standard InChI is InChI=1S/C14H20N2O4/c1-6-14(5,13(19)20)16-12(18)11-7(2)10(9(4)17)8(3)15-11/h15H,6H2,1-5H3,(H,16,18)(H,19,20). The molecule has 0 saturated heterocycles. The first kappa shape index (κ1) is 15.9. The van der Waals surface area contributed by atoms with Crippen molar-refractivity contribution in [3.05, 3.63) is 22.5 Å². The summed E-state index contributed by atoms with van der Waals surface area (Å²) in [7, 11) is 0. The number of aliphatic carboxylic acids is 1.